The Hall–Kier alpha value is -1.71. The van der Waals surface area contributed by atoms with Crippen LogP contribution in [0.4, 0.5) is 0 Å². The van der Waals surface area contributed by atoms with Crippen LogP contribution in [0.3, 0.4) is 0 Å². The molecule has 108 valence electrons. The Morgan fingerprint density at radius 3 is 2.75 bits per heavy atom. The predicted molar refractivity (Wildman–Crippen MR) is 81.1 cm³/mol. The molecule has 2 aliphatic rings. The SMILES string of the molecule is CC1(C)[C@@H](NC2=NCCCN2)C[C@H]1Oc1ccccc1. The fourth-order valence-corrected chi connectivity index (χ4v) is 2.79. The van der Waals surface area contributed by atoms with Crippen LogP contribution in [-0.2, 0) is 0 Å². The summed E-state index contributed by atoms with van der Waals surface area (Å²) in [6.07, 6.45) is 2.40. The minimum absolute atomic E-state index is 0.109. The molecule has 0 amide bonds. The van der Waals surface area contributed by atoms with E-state index in [9.17, 15) is 0 Å². The van der Waals surface area contributed by atoms with E-state index in [4.69, 9.17) is 4.74 Å². The van der Waals surface area contributed by atoms with E-state index in [0.29, 0.717) is 6.04 Å². The fourth-order valence-electron chi connectivity index (χ4n) is 2.79. The number of para-hydroxylation sites is 1. The van der Waals surface area contributed by atoms with E-state index in [1.807, 2.05) is 30.3 Å². The molecular weight excluding hydrogens is 250 g/mol. The third kappa shape index (κ3) is 2.60. The van der Waals surface area contributed by atoms with Crippen molar-refractivity contribution in [2.24, 2.45) is 10.4 Å². The summed E-state index contributed by atoms with van der Waals surface area (Å²) < 4.78 is 6.08. The van der Waals surface area contributed by atoms with E-state index in [0.717, 1.165) is 37.6 Å². The molecule has 1 aromatic carbocycles. The van der Waals surface area contributed by atoms with Gasteiger partial charge in [0.05, 0.1) is 0 Å². The maximum atomic E-state index is 6.08. The highest BCUT2D eigenvalue weighted by molar-refractivity contribution is 5.80. The number of ether oxygens (including phenoxy) is 1. The van der Waals surface area contributed by atoms with Crippen molar-refractivity contribution in [3.63, 3.8) is 0 Å². The normalized spacial score (nSPS) is 27.8. The van der Waals surface area contributed by atoms with Crippen molar-refractivity contribution in [3.05, 3.63) is 30.3 Å². The number of nitrogens with zero attached hydrogens (tertiary/aromatic N) is 1. The van der Waals surface area contributed by atoms with Crippen LogP contribution in [0.15, 0.2) is 35.3 Å². The molecule has 4 heteroatoms. The highest BCUT2D eigenvalue weighted by Gasteiger charge is 2.50. The van der Waals surface area contributed by atoms with Gasteiger partial charge in [-0.3, -0.25) is 4.99 Å². The largest absolute Gasteiger partial charge is 0.490 e. The van der Waals surface area contributed by atoms with Crippen LogP contribution in [0.2, 0.25) is 0 Å². The molecule has 2 atom stereocenters. The third-order valence-corrected chi connectivity index (χ3v) is 4.41. The van der Waals surface area contributed by atoms with Gasteiger partial charge in [-0.25, -0.2) is 0 Å². The molecule has 0 aromatic heterocycles. The van der Waals surface area contributed by atoms with Gasteiger partial charge in [0, 0.05) is 31.0 Å². The summed E-state index contributed by atoms with van der Waals surface area (Å²) in [7, 11) is 0. The molecule has 20 heavy (non-hydrogen) atoms. The van der Waals surface area contributed by atoms with Gasteiger partial charge in [-0.1, -0.05) is 32.0 Å². The van der Waals surface area contributed by atoms with Gasteiger partial charge >= 0.3 is 0 Å². The van der Waals surface area contributed by atoms with Crippen LogP contribution in [0.5, 0.6) is 5.75 Å². The first kappa shape index (κ1) is 13.3. The third-order valence-electron chi connectivity index (χ3n) is 4.41. The van der Waals surface area contributed by atoms with Crippen molar-refractivity contribution < 1.29 is 4.74 Å². The van der Waals surface area contributed by atoms with Crippen molar-refractivity contribution in [3.8, 4) is 5.75 Å². The number of guanidine groups is 1. The zero-order valence-corrected chi connectivity index (χ0v) is 12.2. The van der Waals surface area contributed by atoms with E-state index in [2.05, 4.69) is 29.5 Å². The Morgan fingerprint density at radius 2 is 2.10 bits per heavy atom. The molecule has 1 heterocycles. The van der Waals surface area contributed by atoms with E-state index in [1.54, 1.807) is 0 Å². The quantitative estimate of drug-likeness (QED) is 0.887. The van der Waals surface area contributed by atoms with E-state index in [1.165, 1.54) is 0 Å². The van der Waals surface area contributed by atoms with Crippen LogP contribution in [-0.4, -0.2) is 31.2 Å². The van der Waals surface area contributed by atoms with Gasteiger partial charge in [0.15, 0.2) is 5.96 Å². The minimum Gasteiger partial charge on any atom is -0.490 e. The first-order chi connectivity index (χ1) is 9.66. The monoisotopic (exact) mass is 273 g/mol. The molecule has 1 saturated carbocycles. The lowest BCUT2D eigenvalue weighted by molar-refractivity contribution is -0.0481. The van der Waals surface area contributed by atoms with Gasteiger partial charge < -0.3 is 15.4 Å². The van der Waals surface area contributed by atoms with Crippen molar-refractivity contribution >= 4 is 5.96 Å². The minimum atomic E-state index is 0.109. The molecule has 4 nitrogen and oxygen atoms in total. The highest BCUT2D eigenvalue weighted by atomic mass is 16.5. The number of benzene rings is 1. The highest BCUT2D eigenvalue weighted by Crippen LogP contribution is 2.43. The van der Waals surface area contributed by atoms with E-state index in [-0.39, 0.29) is 11.5 Å². The van der Waals surface area contributed by atoms with Crippen LogP contribution in [0.1, 0.15) is 26.7 Å². The van der Waals surface area contributed by atoms with Gasteiger partial charge in [0.25, 0.3) is 0 Å². The molecule has 0 radical (unpaired) electrons. The Labute approximate surface area is 120 Å². The summed E-state index contributed by atoms with van der Waals surface area (Å²) in [5.74, 6) is 1.91. The fraction of sp³-hybridized carbons (Fsp3) is 0.562. The standard InChI is InChI=1S/C16H23N3O/c1-16(2)13(19-15-17-9-6-10-18-15)11-14(16)20-12-7-4-3-5-8-12/h3-5,7-8,13-14H,6,9-11H2,1-2H3,(H2,17,18,19)/t13-,14+/m0/s1. The predicted octanol–water partition coefficient (Wildman–Crippen LogP) is 2.17. The molecule has 0 spiro atoms. The lowest BCUT2D eigenvalue weighted by Gasteiger charge is -2.51. The first-order valence-corrected chi connectivity index (χ1v) is 7.43. The Bertz CT molecular complexity index is 484. The van der Waals surface area contributed by atoms with Crippen LogP contribution in [0, 0.1) is 5.41 Å². The second-order valence-corrected chi connectivity index (χ2v) is 6.18. The number of nitrogens with one attached hydrogen (secondary N) is 2. The van der Waals surface area contributed by atoms with Gasteiger partial charge in [0.1, 0.15) is 11.9 Å². The summed E-state index contributed by atoms with van der Waals surface area (Å²) in [6, 6.07) is 10.5. The Kier molecular flexibility index (Phi) is 3.55. The average molecular weight is 273 g/mol. The number of hydrogen-bond acceptors (Lipinski definition) is 4. The van der Waals surface area contributed by atoms with Crippen molar-refractivity contribution in [1.82, 2.24) is 10.6 Å². The molecule has 1 aromatic rings. The first-order valence-electron chi connectivity index (χ1n) is 7.43. The van der Waals surface area contributed by atoms with Gasteiger partial charge in [0.2, 0.25) is 0 Å². The summed E-state index contributed by atoms with van der Waals surface area (Å²) >= 11 is 0. The zero-order valence-electron chi connectivity index (χ0n) is 12.2. The molecule has 3 rings (SSSR count). The maximum absolute atomic E-state index is 6.08. The van der Waals surface area contributed by atoms with E-state index >= 15 is 0 Å². The summed E-state index contributed by atoms with van der Waals surface area (Å²) in [5.41, 5.74) is 0.109. The summed E-state index contributed by atoms with van der Waals surface area (Å²) in [4.78, 5) is 4.48. The average Bonchev–Trinajstić information content (AvgIpc) is 2.48. The van der Waals surface area contributed by atoms with Gasteiger partial charge in [-0.15, -0.1) is 0 Å². The van der Waals surface area contributed by atoms with Crippen molar-refractivity contribution in [2.45, 2.75) is 38.8 Å². The Balaban J connectivity index is 1.58. The molecular formula is C16H23N3O. The summed E-state index contributed by atoms with van der Waals surface area (Å²) in [5, 5.41) is 6.84. The molecule has 1 aliphatic carbocycles. The molecule has 1 aliphatic heterocycles. The molecule has 1 fully saturated rings. The van der Waals surface area contributed by atoms with Crippen LogP contribution < -0.4 is 15.4 Å². The molecule has 0 unspecified atom stereocenters. The van der Waals surface area contributed by atoms with Crippen molar-refractivity contribution in [1.29, 1.82) is 0 Å². The number of hydrogen-bond donors (Lipinski definition) is 2. The second-order valence-electron chi connectivity index (χ2n) is 6.18. The number of rotatable bonds is 3. The van der Waals surface area contributed by atoms with Gasteiger partial charge in [-0.05, 0) is 18.6 Å². The smallest absolute Gasteiger partial charge is 0.191 e. The topological polar surface area (TPSA) is 45.7 Å². The van der Waals surface area contributed by atoms with Crippen LogP contribution in [0.25, 0.3) is 0 Å². The zero-order chi connectivity index (χ0) is 14.0. The molecule has 2 N–H and O–H groups in total. The lowest BCUT2D eigenvalue weighted by Crippen LogP contribution is -2.64. The van der Waals surface area contributed by atoms with Crippen LogP contribution >= 0.6 is 0 Å². The lowest BCUT2D eigenvalue weighted by atomic mass is 9.64. The second kappa shape index (κ2) is 5.35. The molecule has 0 bridgehead atoms. The Morgan fingerprint density at radius 1 is 1.30 bits per heavy atom. The van der Waals surface area contributed by atoms with Crippen molar-refractivity contribution in [2.75, 3.05) is 13.1 Å². The van der Waals surface area contributed by atoms with E-state index < -0.39 is 0 Å². The van der Waals surface area contributed by atoms with Gasteiger partial charge in [-0.2, -0.15) is 0 Å². The number of aliphatic imine (C=N–C) groups is 1. The summed E-state index contributed by atoms with van der Waals surface area (Å²) in [6.45, 7) is 6.45. The molecule has 0 saturated heterocycles. The maximum Gasteiger partial charge on any atom is 0.191 e.